The highest BCUT2D eigenvalue weighted by atomic mass is 31.2. The van der Waals surface area contributed by atoms with E-state index in [4.69, 9.17) is 94.8 Å². The van der Waals surface area contributed by atoms with Crippen molar-refractivity contribution in [2.75, 3.05) is 123 Å². The second kappa shape index (κ2) is 41.2. The highest BCUT2D eigenvalue weighted by molar-refractivity contribution is 7.48. The summed E-state index contributed by atoms with van der Waals surface area (Å²) in [5, 5.41) is 1.78. The monoisotopic (exact) mass is 1730 g/mol. The Hall–Kier alpha value is -7.98. The van der Waals surface area contributed by atoms with Gasteiger partial charge in [0.15, 0.2) is 0 Å². The van der Waals surface area contributed by atoms with E-state index in [9.17, 15) is 27.4 Å². The summed E-state index contributed by atoms with van der Waals surface area (Å²) in [6.45, 7) is -14.9. The first-order valence-electron chi connectivity index (χ1n) is 44.4. The highest BCUT2D eigenvalue weighted by Crippen LogP contribution is 2.47. The lowest BCUT2D eigenvalue weighted by Crippen LogP contribution is -2.14. The number of aryl methyl sites for hydroxylation is 2. The molecule has 0 aliphatic rings. The number of benzene rings is 6. The zero-order valence-electron chi connectivity index (χ0n) is 84.8. The zero-order valence-corrected chi connectivity index (χ0v) is 67.2. The van der Waals surface area contributed by atoms with Crippen LogP contribution in [0.2, 0.25) is 0 Å². The van der Waals surface area contributed by atoms with Gasteiger partial charge in [0.1, 0.15) is 34.5 Å². The molecule has 0 saturated carbocycles. The molecule has 0 aliphatic heterocycles. The molecule has 36 nitrogen and oxygen atoms in total. The van der Waals surface area contributed by atoms with Crippen molar-refractivity contribution in [1.82, 2.24) is 59.3 Å². The van der Waals surface area contributed by atoms with Crippen LogP contribution in [0, 0.1) is 0 Å². The molecule has 0 fully saturated rings. The maximum absolute atomic E-state index is 11.1. The Kier molecular flexibility index (Phi) is 23.2. The van der Waals surface area contributed by atoms with E-state index in [1.54, 1.807) is 73.7 Å². The van der Waals surface area contributed by atoms with Crippen LogP contribution in [0.3, 0.4) is 0 Å². The molecular formula is C72H102N12O24P6. The van der Waals surface area contributed by atoms with Crippen LogP contribution in [0.4, 0.5) is 0 Å². The molecule has 12 rings (SSSR count). The minimum Gasteiger partial charge on any atom is -0.404 e. The zero-order chi connectivity index (χ0) is 104. The van der Waals surface area contributed by atoms with E-state index in [1.165, 1.54) is 106 Å². The molecule has 0 saturated heterocycles. The fourth-order valence-electron chi connectivity index (χ4n) is 10.5. The molecule has 42 heteroatoms. The van der Waals surface area contributed by atoms with E-state index in [0.717, 1.165) is 23.9 Å². The summed E-state index contributed by atoms with van der Waals surface area (Å²) in [6.07, 6.45) is 1.70. The van der Waals surface area contributed by atoms with Gasteiger partial charge in [-0.1, -0.05) is 36.4 Å². The highest BCUT2D eigenvalue weighted by Gasteiger charge is 2.26. The van der Waals surface area contributed by atoms with E-state index in [1.807, 2.05) is 19.0 Å². The summed E-state index contributed by atoms with van der Waals surface area (Å²) in [5.74, 6) is -0.536. The number of likely N-dealkylation sites (N-methyl/N-ethyl adjacent to an activating group) is 6. The van der Waals surface area contributed by atoms with Crippen molar-refractivity contribution in [2.45, 2.75) is 38.4 Å². The van der Waals surface area contributed by atoms with Gasteiger partial charge in [-0.25, -0.2) is 27.4 Å². The molecule has 6 heterocycles. The summed E-state index contributed by atoms with van der Waals surface area (Å²) in [6, 6.07) is 27.4. The number of fused-ring (bicyclic) bond motifs is 6. The molecule has 0 spiro atoms. The number of aromatic nitrogens is 6. The SMILES string of the molecule is [2H]C(CN(C)C)c1c[nH]c2cccc(OP(=O)(O)O)c12.[2H]C([2H])(CN(C)C([2H])([2H])[2H])c1c[nH]c2cccc(OP(=O)(O)O)c12.[2H]C([2H])(CN(C)C([2H])([2H])[2H])c1c[nH]c2cccc(OP(=O)(O)O)c12.[2H]C([2H])(CN(C)C)c1c[nH]c2cccc(OP(=O)(O)O)c12.[2H]C([2H])([2H])N(C)C([2H])([2H])Cc1c[nH]c2cccc(OP(=O)(O)O)c12.[2H]C([2H])([2H])N(C)C([2H])([2H])Cc1c[nH]c2cccc(OP(=O)(O)O)c12. The topological polar surface area (TPSA) is 515 Å². The van der Waals surface area contributed by atoms with E-state index < -0.39 is 126 Å². The van der Waals surface area contributed by atoms with Crippen molar-refractivity contribution in [3.8, 4) is 34.5 Å². The third-order valence-corrected chi connectivity index (χ3v) is 17.4. The summed E-state index contributed by atoms with van der Waals surface area (Å²) in [7, 11) is -16.5. The van der Waals surface area contributed by atoms with Gasteiger partial charge in [-0.15, -0.1) is 0 Å². The Bertz CT molecular complexity index is 6200. The first-order chi connectivity index (χ1) is 62.1. The Labute approximate surface area is 690 Å². The van der Waals surface area contributed by atoms with E-state index in [-0.39, 0.29) is 75.8 Å². The van der Waals surface area contributed by atoms with Gasteiger partial charge in [0.25, 0.3) is 0 Å². The van der Waals surface area contributed by atoms with Crippen molar-refractivity contribution in [3.05, 3.63) is 180 Å². The number of nitrogens with one attached hydrogen (secondary N) is 6. The maximum atomic E-state index is 11.1. The number of H-pyrrole nitrogens is 6. The third kappa shape index (κ3) is 30.6. The molecule has 1 atom stereocenters. The van der Waals surface area contributed by atoms with Gasteiger partial charge < -0.3 is 86.4 Å². The fourth-order valence-corrected chi connectivity index (χ4v) is 12.9. The lowest BCUT2D eigenvalue weighted by atomic mass is 10.1. The van der Waals surface area contributed by atoms with Crippen LogP contribution >= 0.6 is 46.9 Å². The number of hydrogen-bond acceptors (Lipinski definition) is 18. The average molecular weight is 1730 g/mol. The number of nitrogens with zero attached hydrogens (tertiary/aromatic N) is 6. The van der Waals surface area contributed by atoms with Crippen LogP contribution in [0.15, 0.2) is 146 Å². The summed E-state index contributed by atoms with van der Waals surface area (Å²) in [5.41, 5.74) is 4.79. The van der Waals surface area contributed by atoms with E-state index >= 15 is 0 Å². The van der Waals surface area contributed by atoms with Crippen LogP contribution in [-0.4, -0.2) is 241 Å². The van der Waals surface area contributed by atoms with Gasteiger partial charge in [-0.05, 0) is 229 Å². The second-order valence-corrected chi connectivity index (χ2v) is 31.8. The van der Waals surface area contributed by atoms with Crippen LogP contribution in [0.25, 0.3) is 65.4 Å². The van der Waals surface area contributed by atoms with Crippen molar-refractivity contribution in [1.29, 1.82) is 0 Å². The van der Waals surface area contributed by atoms with E-state index in [2.05, 4.69) is 52.5 Å². The molecule has 624 valence electrons. The Balaban J connectivity index is 0.000000224. The first kappa shape index (κ1) is 64.1. The van der Waals surface area contributed by atoms with Crippen LogP contribution in [-0.2, 0) is 65.7 Å². The van der Waals surface area contributed by atoms with Gasteiger partial charge in [0.2, 0.25) is 0 Å². The van der Waals surface area contributed by atoms with Gasteiger partial charge in [0.05, 0.1) is 0 Å². The third-order valence-electron chi connectivity index (χ3n) is 14.8. The van der Waals surface area contributed by atoms with Gasteiger partial charge in [0, 0.05) is 173 Å². The number of aromatic amines is 6. The van der Waals surface area contributed by atoms with E-state index in [0.29, 0.717) is 93.2 Å². The fraction of sp³-hybridized carbons (Fsp3) is 0.333. The molecule has 0 amide bonds. The Morgan fingerprint density at radius 3 is 0.711 bits per heavy atom. The van der Waals surface area contributed by atoms with Crippen LogP contribution in [0.1, 0.15) is 64.9 Å². The first-order valence-corrected chi connectivity index (χ1v) is 42.0. The molecule has 18 N–H and O–H groups in total. The molecule has 1 unspecified atom stereocenters. The van der Waals surface area contributed by atoms with Crippen molar-refractivity contribution in [2.24, 2.45) is 0 Å². The number of hydrogen-bond donors (Lipinski definition) is 18. The summed E-state index contributed by atoms with van der Waals surface area (Å²) >= 11 is 0. The molecule has 6 aromatic heterocycles. The quantitative estimate of drug-likeness (QED) is 0.0186. The predicted octanol–water partition coefficient (Wildman–Crippen LogP) is 10.5. The predicted molar refractivity (Wildman–Crippen MR) is 439 cm³/mol. The van der Waals surface area contributed by atoms with Gasteiger partial charge >= 0.3 is 46.9 Å². The summed E-state index contributed by atoms with van der Waals surface area (Å²) in [4.78, 5) is 132. The average Bonchev–Trinajstić information content (AvgIpc) is 1.66. The number of rotatable bonds is 30. The van der Waals surface area contributed by atoms with Crippen molar-refractivity contribution >= 4 is 112 Å². The molecule has 0 aliphatic carbocycles. The van der Waals surface area contributed by atoms with Crippen molar-refractivity contribution in [3.63, 3.8) is 0 Å². The minimum atomic E-state index is -4.83. The molecule has 0 radical (unpaired) electrons. The smallest absolute Gasteiger partial charge is 0.404 e. The standard InChI is InChI=1S/6C12H17N2O4P/c6*1-14(2)7-6-9-8-13-10-4-3-5-11(12(9)10)18-19(15,16)17/h6*3-5,8,13H,6-7H2,1-2H3,(H2,15,16,17)/i2*1D3,7D2;2*1D3,6D2;6D2;6D. The van der Waals surface area contributed by atoms with Crippen LogP contribution in [0.5, 0.6) is 34.5 Å². The van der Waals surface area contributed by atoms with Crippen LogP contribution < -0.4 is 27.1 Å². The molecule has 6 aromatic carbocycles. The van der Waals surface area contributed by atoms with Gasteiger partial charge in [-0.3, -0.25) is 58.7 Å². The lowest BCUT2D eigenvalue weighted by Gasteiger charge is -2.11. The Morgan fingerprint density at radius 1 is 0.289 bits per heavy atom. The number of phosphoric ester groups is 6. The second-order valence-electron chi connectivity index (χ2n) is 24.8. The van der Waals surface area contributed by atoms with Crippen molar-refractivity contribution < 1.29 is 145 Å². The molecule has 114 heavy (non-hydrogen) atoms. The number of phosphoric acid groups is 6. The molecule has 0 bridgehead atoms. The minimum absolute atomic E-state index is 0.0419. The normalized spacial score (nSPS) is 16.6. The Morgan fingerprint density at radius 2 is 0.491 bits per heavy atom. The summed E-state index contributed by atoms with van der Waals surface area (Å²) < 4.78 is 272. The molecular weight excluding hydrogens is 1600 g/mol. The maximum Gasteiger partial charge on any atom is 0.524 e. The van der Waals surface area contributed by atoms with Gasteiger partial charge in [-0.2, -0.15) is 0 Å². The lowest BCUT2D eigenvalue weighted by molar-refractivity contribution is 0.282. The largest absolute Gasteiger partial charge is 0.524 e. The molecule has 12 aromatic rings.